The fourth-order valence-electron chi connectivity index (χ4n) is 3.21. The summed E-state index contributed by atoms with van der Waals surface area (Å²) in [6, 6.07) is 11.3. The summed E-state index contributed by atoms with van der Waals surface area (Å²) < 4.78 is 32.0. The van der Waals surface area contributed by atoms with Crippen molar-refractivity contribution >= 4 is 5.91 Å². The average Bonchev–Trinajstić information content (AvgIpc) is 2.64. The first-order chi connectivity index (χ1) is 12.7. The summed E-state index contributed by atoms with van der Waals surface area (Å²) in [4.78, 5) is 14.5. The largest absolute Gasteiger partial charge is 0.490 e. The maximum Gasteiger partial charge on any atom is 0.253 e. The molecule has 0 aliphatic carbocycles. The van der Waals surface area contributed by atoms with E-state index in [2.05, 4.69) is 20.8 Å². The van der Waals surface area contributed by atoms with Crippen LogP contribution in [0.15, 0.2) is 42.5 Å². The fraction of sp³-hybridized carbons (Fsp3) is 0.409. The van der Waals surface area contributed by atoms with E-state index in [1.165, 1.54) is 11.6 Å². The van der Waals surface area contributed by atoms with Crippen molar-refractivity contribution in [3.05, 3.63) is 65.2 Å². The quantitative estimate of drug-likeness (QED) is 0.762. The van der Waals surface area contributed by atoms with E-state index in [1.54, 1.807) is 0 Å². The monoisotopic (exact) mass is 373 g/mol. The summed E-state index contributed by atoms with van der Waals surface area (Å²) >= 11 is 0. The lowest BCUT2D eigenvalue weighted by molar-refractivity contribution is 0.0595. The maximum atomic E-state index is 13.3. The molecule has 0 spiro atoms. The highest BCUT2D eigenvalue weighted by Crippen LogP contribution is 2.24. The molecule has 2 aromatic carbocycles. The zero-order chi connectivity index (χ0) is 19.6. The molecule has 144 valence electrons. The van der Waals surface area contributed by atoms with Crippen molar-refractivity contribution in [2.45, 2.75) is 45.1 Å². The highest BCUT2D eigenvalue weighted by atomic mass is 19.2. The van der Waals surface area contributed by atoms with Crippen LogP contribution in [-0.2, 0) is 5.41 Å². The third kappa shape index (κ3) is 4.65. The molecular formula is C22H25F2NO2. The van der Waals surface area contributed by atoms with Crippen molar-refractivity contribution in [1.29, 1.82) is 0 Å². The van der Waals surface area contributed by atoms with Gasteiger partial charge in [0.1, 0.15) is 11.9 Å². The highest BCUT2D eigenvalue weighted by molar-refractivity contribution is 5.94. The predicted octanol–water partition coefficient (Wildman–Crippen LogP) is 4.95. The molecule has 1 aliphatic heterocycles. The number of piperidine rings is 1. The molecule has 3 nitrogen and oxygen atoms in total. The molecule has 0 N–H and O–H groups in total. The number of carbonyl (C=O) groups excluding carboxylic acids is 1. The molecule has 3 rings (SSSR count). The molecule has 1 fully saturated rings. The Kier molecular flexibility index (Phi) is 5.49. The van der Waals surface area contributed by atoms with E-state index in [4.69, 9.17) is 4.74 Å². The van der Waals surface area contributed by atoms with E-state index in [9.17, 15) is 13.6 Å². The number of halogens is 2. The molecule has 0 saturated carbocycles. The second-order valence-corrected chi connectivity index (χ2v) is 8.01. The van der Waals surface area contributed by atoms with Crippen molar-refractivity contribution in [2.24, 2.45) is 0 Å². The second-order valence-electron chi connectivity index (χ2n) is 8.01. The van der Waals surface area contributed by atoms with Crippen molar-refractivity contribution in [3.63, 3.8) is 0 Å². The van der Waals surface area contributed by atoms with Crippen LogP contribution in [0.2, 0.25) is 0 Å². The van der Waals surface area contributed by atoms with Gasteiger partial charge < -0.3 is 9.64 Å². The van der Waals surface area contributed by atoms with Crippen LogP contribution in [0.25, 0.3) is 0 Å². The normalized spacial score (nSPS) is 15.7. The van der Waals surface area contributed by atoms with Crippen LogP contribution in [-0.4, -0.2) is 30.0 Å². The molecule has 1 heterocycles. The molecule has 0 atom stereocenters. The lowest BCUT2D eigenvalue weighted by Gasteiger charge is -2.32. The van der Waals surface area contributed by atoms with E-state index < -0.39 is 11.6 Å². The summed E-state index contributed by atoms with van der Waals surface area (Å²) in [5.41, 5.74) is 1.93. The van der Waals surface area contributed by atoms with Gasteiger partial charge in [-0.1, -0.05) is 32.9 Å². The molecule has 2 aromatic rings. The number of benzene rings is 2. The Bertz CT molecular complexity index is 804. The van der Waals surface area contributed by atoms with Crippen LogP contribution < -0.4 is 4.74 Å². The lowest BCUT2D eigenvalue weighted by Crippen LogP contribution is -2.41. The lowest BCUT2D eigenvalue weighted by atomic mass is 9.86. The van der Waals surface area contributed by atoms with E-state index in [1.807, 2.05) is 29.2 Å². The Morgan fingerprint density at radius 3 is 2.19 bits per heavy atom. The predicted molar refractivity (Wildman–Crippen MR) is 101 cm³/mol. The number of hydrogen-bond donors (Lipinski definition) is 0. The molecule has 0 unspecified atom stereocenters. The zero-order valence-corrected chi connectivity index (χ0v) is 16.0. The number of hydrogen-bond acceptors (Lipinski definition) is 2. The fourth-order valence-corrected chi connectivity index (χ4v) is 3.21. The average molecular weight is 373 g/mol. The molecule has 0 bridgehead atoms. The van der Waals surface area contributed by atoms with Gasteiger partial charge >= 0.3 is 0 Å². The molecule has 27 heavy (non-hydrogen) atoms. The van der Waals surface area contributed by atoms with Gasteiger partial charge in [-0.05, 0) is 35.2 Å². The van der Waals surface area contributed by atoms with E-state index in [-0.39, 0.29) is 17.4 Å². The summed E-state index contributed by atoms with van der Waals surface area (Å²) in [5, 5.41) is 0. The first-order valence-electron chi connectivity index (χ1n) is 9.25. The van der Waals surface area contributed by atoms with Gasteiger partial charge in [-0.3, -0.25) is 4.79 Å². The SMILES string of the molecule is CC(C)(C)c1ccc(C(=O)N2CCC(Oc3ccc(F)c(F)c3)CC2)cc1. The third-order valence-corrected chi connectivity index (χ3v) is 4.92. The van der Waals surface area contributed by atoms with E-state index in [0.29, 0.717) is 37.2 Å². The summed E-state index contributed by atoms with van der Waals surface area (Å²) in [5.74, 6) is -1.47. The Morgan fingerprint density at radius 2 is 1.63 bits per heavy atom. The van der Waals surface area contributed by atoms with E-state index >= 15 is 0 Å². The number of likely N-dealkylation sites (tertiary alicyclic amines) is 1. The van der Waals surface area contributed by atoms with Crippen molar-refractivity contribution in [1.82, 2.24) is 4.90 Å². The minimum atomic E-state index is -0.918. The Balaban J connectivity index is 1.56. The first kappa shape index (κ1) is 19.3. The van der Waals surface area contributed by atoms with E-state index in [0.717, 1.165) is 12.1 Å². The summed E-state index contributed by atoms with van der Waals surface area (Å²) in [6.45, 7) is 7.58. The number of nitrogens with zero attached hydrogens (tertiary/aromatic N) is 1. The van der Waals surface area contributed by atoms with Gasteiger partial charge in [-0.2, -0.15) is 0 Å². The third-order valence-electron chi connectivity index (χ3n) is 4.92. The van der Waals surface area contributed by atoms with Crippen molar-refractivity contribution in [2.75, 3.05) is 13.1 Å². The maximum absolute atomic E-state index is 13.3. The van der Waals surface area contributed by atoms with Crippen LogP contribution in [0.1, 0.15) is 49.5 Å². The standard InChI is InChI=1S/C22H25F2NO2/c1-22(2,3)16-6-4-15(5-7-16)21(26)25-12-10-17(11-13-25)27-18-8-9-19(23)20(24)14-18/h4-9,14,17H,10-13H2,1-3H3. The number of ether oxygens (including phenoxy) is 1. The molecule has 1 saturated heterocycles. The van der Waals surface area contributed by atoms with Crippen molar-refractivity contribution < 1.29 is 18.3 Å². The van der Waals surface area contributed by atoms with Gasteiger partial charge in [0.15, 0.2) is 11.6 Å². The van der Waals surface area contributed by atoms with Crippen LogP contribution in [0.4, 0.5) is 8.78 Å². The van der Waals surface area contributed by atoms with Gasteiger partial charge in [-0.25, -0.2) is 8.78 Å². The topological polar surface area (TPSA) is 29.5 Å². The smallest absolute Gasteiger partial charge is 0.253 e. The van der Waals surface area contributed by atoms with Crippen LogP contribution in [0.3, 0.4) is 0 Å². The summed E-state index contributed by atoms with van der Waals surface area (Å²) in [7, 11) is 0. The Labute approximate surface area is 158 Å². The molecule has 0 aromatic heterocycles. The molecule has 5 heteroatoms. The van der Waals surface area contributed by atoms with Gasteiger partial charge in [0, 0.05) is 37.6 Å². The van der Waals surface area contributed by atoms with Gasteiger partial charge in [0.05, 0.1) is 0 Å². The van der Waals surface area contributed by atoms with Crippen LogP contribution in [0.5, 0.6) is 5.75 Å². The van der Waals surface area contributed by atoms with Gasteiger partial charge in [0.2, 0.25) is 0 Å². The van der Waals surface area contributed by atoms with Gasteiger partial charge in [-0.15, -0.1) is 0 Å². The minimum absolute atomic E-state index is 0.0155. The zero-order valence-electron chi connectivity index (χ0n) is 16.0. The first-order valence-corrected chi connectivity index (χ1v) is 9.25. The number of carbonyl (C=O) groups is 1. The number of rotatable bonds is 3. The van der Waals surface area contributed by atoms with Gasteiger partial charge in [0.25, 0.3) is 5.91 Å². The van der Waals surface area contributed by atoms with Crippen molar-refractivity contribution in [3.8, 4) is 5.75 Å². The van der Waals surface area contributed by atoms with Crippen LogP contribution in [0, 0.1) is 11.6 Å². The minimum Gasteiger partial charge on any atom is -0.490 e. The number of amides is 1. The molecule has 1 aliphatic rings. The molecular weight excluding hydrogens is 348 g/mol. The second kappa shape index (κ2) is 7.67. The Hall–Kier alpha value is -2.43. The Morgan fingerprint density at radius 1 is 1.00 bits per heavy atom. The highest BCUT2D eigenvalue weighted by Gasteiger charge is 2.25. The summed E-state index contributed by atoms with van der Waals surface area (Å²) in [6.07, 6.45) is 1.21. The van der Waals surface area contributed by atoms with Crippen LogP contribution >= 0.6 is 0 Å². The molecule has 1 amide bonds. The molecule has 0 radical (unpaired) electrons.